The summed E-state index contributed by atoms with van der Waals surface area (Å²) in [4.78, 5) is 16.8. The molecule has 4 rings (SSSR count). The van der Waals surface area contributed by atoms with Crippen LogP contribution in [0.4, 0.5) is 5.69 Å². The average Bonchev–Trinajstić information content (AvgIpc) is 2.83. The molecule has 0 saturated carbocycles. The minimum absolute atomic E-state index is 0.00423. The quantitative estimate of drug-likeness (QED) is 0.697. The molecule has 110 valence electrons. The molecule has 0 atom stereocenters. The maximum atomic E-state index is 12.6. The molecule has 0 heterocycles. The topological polar surface area (TPSA) is 49.7 Å². The van der Waals surface area contributed by atoms with E-state index in [1.54, 1.807) is 0 Å². The number of Topliss-reactive ketones (excluding diaryl/α,β-unsaturated/α-hetero) is 1. The number of hydrogen-bond donors (Lipinski definition) is 1. The van der Waals surface area contributed by atoms with Crippen molar-refractivity contribution in [2.24, 2.45) is 4.99 Å². The maximum absolute atomic E-state index is 12.6. The maximum Gasteiger partial charge on any atom is 0.199 e. The molecule has 3 aromatic rings. The van der Waals surface area contributed by atoms with Crippen molar-refractivity contribution >= 4 is 34.2 Å². The van der Waals surface area contributed by atoms with Crippen molar-refractivity contribution < 1.29 is 9.90 Å². The van der Waals surface area contributed by atoms with Gasteiger partial charge < -0.3 is 5.11 Å². The molecular weight excluding hydrogens is 286 g/mol. The lowest BCUT2D eigenvalue weighted by Crippen LogP contribution is -1.99. The van der Waals surface area contributed by atoms with E-state index in [9.17, 15) is 9.90 Å². The van der Waals surface area contributed by atoms with E-state index in [1.807, 2.05) is 66.7 Å². The molecule has 1 aliphatic carbocycles. The van der Waals surface area contributed by atoms with Crippen LogP contribution in [0.25, 0.3) is 16.5 Å². The number of aliphatic hydroxyl groups is 1. The van der Waals surface area contributed by atoms with Crippen LogP contribution in [0, 0.1) is 0 Å². The second kappa shape index (κ2) is 5.21. The van der Waals surface area contributed by atoms with Crippen LogP contribution in [-0.4, -0.2) is 17.1 Å². The molecule has 3 aromatic carbocycles. The van der Waals surface area contributed by atoms with Crippen LogP contribution in [0.1, 0.15) is 15.9 Å². The minimum atomic E-state index is -0.192. The average molecular weight is 299 g/mol. The zero-order valence-corrected chi connectivity index (χ0v) is 12.2. The number of nitrogens with zero attached hydrogens (tertiary/aromatic N) is 1. The van der Waals surface area contributed by atoms with Crippen LogP contribution in [0.2, 0.25) is 0 Å². The lowest BCUT2D eigenvalue weighted by Gasteiger charge is -2.02. The zero-order chi connectivity index (χ0) is 15.8. The molecule has 0 amide bonds. The molecule has 0 unspecified atom stereocenters. The first-order valence-corrected chi connectivity index (χ1v) is 7.34. The van der Waals surface area contributed by atoms with Crippen molar-refractivity contribution in [1.82, 2.24) is 0 Å². The molecular formula is C20H13NO2. The first kappa shape index (κ1) is 13.5. The Hall–Kier alpha value is -3.20. The second-order valence-electron chi connectivity index (χ2n) is 5.43. The van der Waals surface area contributed by atoms with Crippen molar-refractivity contribution in [3.8, 4) is 0 Å². The molecule has 3 nitrogen and oxygen atoms in total. The third kappa shape index (κ3) is 2.23. The summed E-state index contributed by atoms with van der Waals surface area (Å²) in [6, 6.07) is 20.8. The lowest BCUT2D eigenvalue weighted by molar-refractivity contribution is 0.104. The van der Waals surface area contributed by atoms with Crippen molar-refractivity contribution in [3.05, 3.63) is 83.4 Å². The number of allylic oxidation sites excluding steroid dienone is 1. The Bertz CT molecular complexity index is 985. The van der Waals surface area contributed by atoms with Gasteiger partial charge in [0.15, 0.2) is 5.78 Å². The van der Waals surface area contributed by atoms with Gasteiger partial charge in [-0.25, -0.2) is 0 Å². The fourth-order valence-electron chi connectivity index (χ4n) is 2.79. The molecule has 0 spiro atoms. The van der Waals surface area contributed by atoms with Gasteiger partial charge in [-0.05, 0) is 35.0 Å². The van der Waals surface area contributed by atoms with Crippen LogP contribution >= 0.6 is 0 Å². The minimum Gasteiger partial charge on any atom is -0.506 e. The highest BCUT2D eigenvalue weighted by Gasteiger charge is 2.28. The van der Waals surface area contributed by atoms with Crippen LogP contribution in [-0.2, 0) is 0 Å². The first-order valence-electron chi connectivity index (χ1n) is 7.34. The Morgan fingerprint density at radius 3 is 2.13 bits per heavy atom. The predicted octanol–water partition coefficient (Wildman–Crippen LogP) is 4.71. The number of aliphatic hydroxyl groups excluding tert-OH is 1. The van der Waals surface area contributed by atoms with Gasteiger partial charge in [0.2, 0.25) is 0 Å². The molecule has 1 N–H and O–H groups in total. The van der Waals surface area contributed by atoms with Gasteiger partial charge in [0.1, 0.15) is 5.76 Å². The smallest absolute Gasteiger partial charge is 0.199 e. The van der Waals surface area contributed by atoms with Gasteiger partial charge >= 0.3 is 0 Å². The van der Waals surface area contributed by atoms with Gasteiger partial charge in [-0.15, -0.1) is 0 Å². The largest absolute Gasteiger partial charge is 0.506 e. The summed E-state index contributed by atoms with van der Waals surface area (Å²) < 4.78 is 0. The van der Waals surface area contributed by atoms with Crippen LogP contribution in [0.3, 0.4) is 0 Å². The zero-order valence-electron chi connectivity index (χ0n) is 12.2. The molecule has 0 radical (unpaired) electrons. The Morgan fingerprint density at radius 2 is 1.43 bits per heavy atom. The standard InChI is InChI=1S/C20H13NO2/c22-19-16-10-13-6-4-5-7-14(13)11-17(16)20(23)18(19)12-21-15-8-2-1-3-9-15/h1-12,22H. The summed E-state index contributed by atoms with van der Waals surface area (Å²) in [6.07, 6.45) is 1.44. The van der Waals surface area contributed by atoms with E-state index in [0.717, 1.165) is 16.5 Å². The Morgan fingerprint density at radius 1 is 0.826 bits per heavy atom. The Labute approximate surface area is 133 Å². The number of carbonyl (C=O) groups is 1. The van der Waals surface area contributed by atoms with Gasteiger partial charge in [0.05, 0.1) is 11.3 Å². The number of benzene rings is 3. The van der Waals surface area contributed by atoms with Gasteiger partial charge in [-0.3, -0.25) is 9.79 Å². The number of carbonyl (C=O) groups excluding carboxylic acids is 1. The number of ketones is 1. The summed E-state index contributed by atoms with van der Waals surface area (Å²) in [6.45, 7) is 0. The molecule has 0 fully saturated rings. The van der Waals surface area contributed by atoms with E-state index < -0.39 is 0 Å². The second-order valence-corrected chi connectivity index (χ2v) is 5.43. The van der Waals surface area contributed by atoms with Gasteiger partial charge in [0, 0.05) is 17.3 Å². The first-order chi connectivity index (χ1) is 11.2. The van der Waals surface area contributed by atoms with Gasteiger partial charge in [-0.2, -0.15) is 0 Å². The highest BCUT2D eigenvalue weighted by molar-refractivity contribution is 6.31. The third-order valence-corrected chi connectivity index (χ3v) is 3.98. The van der Waals surface area contributed by atoms with Gasteiger partial charge in [-0.1, -0.05) is 42.5 Å². The predicted molar refractivity (Wildman–Crippen MR) is 92.4 cm³/mol. The SMILES string of the molecule is O=C1C(C=Nc2ccccc2)=C(O)c2cc3ccccc3cc21. The van der Waals surface area contributed by atoms with Crippen molar-refractivity contribution in [1.29, 1.82) is 0 Å². The lowest BCUT2D eigenvalue weighted by atomic mass is 10.0. The van der Waals surface area contributed by atoms with E-state index in [1.165, 1.54) is 6.21 Å². The molecule has 23 heavy (non-hydrogen) atoms. The summed E-state index contributed by atoms with van der Waals surface area (Å²) in [5.41, 5.74) is 2.07. The highest BCUT2D eigenvalue weighted by atomic mass is 16.3. The summed E-state index contributed by atoms with van der Waals surface area (Å²) in [7, 11) is 0. The van der Waals surface area contributed by atoms with Crippen molar-refractivity contribution in [3.63, 3.8) is 0 Å². The van der Waals surface area contributed by atoms with Crippen molar-refractivity contribution in [2.75, 3.05) is 0 Å². The summed E-state index contributed by atoms with van der Waals surface area (Å²) in [5, 5.41) is 12.4. The van der Waals surface area contributed by atoms with E-state index in [-0.39, 0.29) is 17.1 Å². The third-order valence-electron chi connectivity index (χ3n) is 3.98. The monoisotopic (exact) mass is 299 g/mol. The summed E-state index contributed by atoms with van der Waals surface area (Å²) in [5.74, 6) is -0.196. The Kier molecular flexibility index (Phi) is 3.05. The van der Waals surface area contributed by atoms with E-state index in [2.05, 4.69) is 4.99 Å². The highest BCUT2D eigenvalue weighted by Crippen LogP contribution is 2.33. The molecule has 3 heteroatoms. The van der Waals surface area contributed by atoms with Crippen LogP contribution in [0.15, 0.2) is 77.3 Å². The van der Waals surface area contributed by atoms with Crippen LogP contribution in [0.5, 0.6) is 0 Å². The fraction of sp³-hybridized carbons (Fsp3) is 0. The summed E-state index contributed by atoms with van der Waals surface area (Å²) >= 11 is 0. The normalized spacial score (nSPS) is 14.0. The number of fused-ring (bicyclic) bond motifs is 2. The van der Waals surface area contributed by atoms with Gasteiger partial charge in [0.25, 0.3) is 0 Å². The molecule has 1 aliphatic rings. The fourth-order valence-corrected chi connectivity index (χ4v) is 2.79. The molecule has 0 bridgehead atoms. The Balaban J connectivity index is 1.79. The van der Waals surface area contributed by atoms with Crippen LogP contribution < -0.4 is 0 Å². The number of rotatable bonds is 2. The van der Waals surface area contributed by atoms with Crippen molar-refractivity contribution in [2.45, 2.75) is 0 Å². The molecule has 0 aromatic heterocycles. The molecule has 0 aliphatic heterocycles. The number of para-hydroxylation sites is 1. The van der Waals surface area contributed by atoms with E-state index in [4.69, 9.17) is 0 Å². The molecule has 0 saturated heterocycles. The van der Waals surface area contributed by atoms with E-state index in [0.29, 0.717) is 11.1 Å². The number of hydrogen-bond acceptors (Lipinski definition) is 3. The number of aliphatic imine (C=N–C) groups is 1. The van der Waals surface area contributed by atoms with E-state index >= 15 is 0 Å².